The Hall–Kier alpha value is -0.0400. The minimum atomic E-state index is 0.0277. The third kappa shape index (κ3) is 1.22. The van der Waals surface area contributed by atoms with Crippen molar-refractivity contribution >= 4 is 0 Å². The molecule has 1 fully saturated rings. The smallest absolute Gasteiger partial charge is 0.0543 e. The highest BCUT2D eigenvalue weighted by Crippen LogP contribution is 2.27. The van der Waals surface area contributed by atoms with Gasteiger partial charge in [-0.2, -0.15) is 0 Å². The molecule has 0 heterocycles. The summed E-state index contributed by atoms with van der Waals surface area (Å²) in [5.41, 5.74) is 0. The second kappa shape index (κ2) is 2.49. The second-order valence-corrected chi connectivity index (χ2v) is 2.74. The molecule has 0 saturated heterocycles. The van der Waals surface area contributed by atoms with Crippen LogP contribution in [0.15, 0.2) is 0 Å². The normalized spacial score (nSPS) is 38.2. The number of aliphatic hydroxyl groups excluding tert-OH is 1. The maximum absolute atomic E-state index is 9.03. The van der Waals surface area contributed by atoms with E-state index in [0.717, 1.165) is 18.8 Å². The first-order chi connectivity index (χ1) is 3.83. The zero-order chi connectivity index (χ0) is 5.98. The Bertz CT molecular complexity index is 70.8. The molecule has 0 unspecified atom stereocenters. The minimum absolute atomic E-state index is 0.0277. The molecule has 0 aliphatic heterocycles. The first-order valence-corrected chi connectivity index (χ1v) is 3.51. The van der Waals surface area contributed by atoms with Crippen molar-refractivity contribution < 1.29 is 5.11 Å². The van der Waals surface area contributed by atoms with Gasteiger partial charge in [0.05, 0.1) is 6.10 Å². The molecule has 8 heavy (non-hydrogen) atoms. The topological polar surface area (TPSA) is 20.2 Å². The lowest BCUT2D eigenvalue weighted by Crippen LogP contribution is -1.98. The zero-order valence-corrected chi connectivity index (χ0v) is 5.43. The minimum Gasteiger partial charge on any atom is -0.393 e. The van der Waals surface area contributed by atoms with Crippen molar-refractivity contribution in [1.29, 1.82) is 0 Å². The Balaban J connectivity index is 2.22. The molecule has 48 valence electrons. The quantitative estimate of drug-likeness (QED) is 0.548. The van der Waals surface area contributed by atoms with Gasteiger partial charge in [-0.05, 0) is 25.2 Å². The summed E-state index contributed by atoms with van der Waals surface area (Å²) >= 11 is 0. The van der Waals surface area contributed by atoms with Crippen LogP contribution in [0.2, 0.25) is 0 Å². The predicted molar refractivity (Wildman–Crippen MR) is 33.6 cm³/mol. The summed E-state index contributed by atoms with van der Waals surface area (Å²) in [5, 5.41) is 9.03. The van der Waals surface area contributed by atoms with E-state index in [2.05, 4.69) is 6.92 Å². The molecule has 1 N–H and O–H groups in total. The maximum Gasteiger partial charge on any atom is 0.0543 e. The number of hydrogen-bond acceptors (Lipinski definition) is 1. The molecule has 1 aliphatic rings. The zero-order valence-electron chi connectivity index (χ0n) is 5.43. The summed E-state index contributed by atoms with van der Waals surface area (Å²) in [7, 11) is 0. The van der Waals surface area contributed by atoms with Crippen LogP contribution in [0.25, 0.3) is 0 Å². The first kappa shape index (κ1) is 6.09. The molecular weight excluding hydrogens is 100 g/mol. The van der Waals surface area contributed by atoms with Gasteiger partial charge in [-0.1, -0.05) is 13.3 Å². The lowest BCUT2D eigenvalue weighted by atomic mass is 10.1. The molecule has 0 amide bonds. The highest BCUT2D eigenvalue weighted by molar-refractivity contribution is 4.72. The van der Waals surface area contributed by atoms with E-state index >= 15 is 0 Å². The first-order valence-electron chi connectivity index (χ1n) is 3.51. The molecule has 1 rings (SSSR count). The van der Waals surface area contributed by atoms with Gasteiger partial charge in [0.25, 0.3) is 0 Å². The largest absolute Gasteiger partial charge is 0.393 e. The summed E-state index contributed by atoms with van der Waals surface area (Å²) in [6, 6.07) is 0. The fourth-order valence-corrected chi connectivity index (χ4v) is 1.42. The summed E-state index contributed by atoms with van der Waals surface area (Å²) < 4.78 is 0. The Kier molecular flexibility index (Phi) is 1.90. The monoisotopic (exact) mass is 114 g/mol. The number of aliphatic hydroxyl groups is 1. The van der Waals surface area contributed by atoms with Gasteiger partial charge in [0, 0.05) is 0 Å². The van der Waals surface area contributed by atoms with Crippen molar-refractivity contribution in [2.45, 2.75) is 38.7 Å². The number of rotatable bonds is 1. The van der Waals surface area contributed by atoms with Crippen molar-refractivity contribution in [2.75, 3.05) is 0 Å². The van der Waals surface area contributed by atoms with Crippen LogP contribution < -0.4 is 0 Å². The Labute approximate surface area is 50.7 Å². The summed E-state index contributed by atoms with van der Waals surface area (Å²) in [4.78, 5) is 0. The molecule has 0 spiro atoms. The van der Waals surface area contributed by atoms with Gasteiger partial charge < -0.3 is 5.11 Å². The molecule has 0 aromatic rings. The van der Waals surface area contributed by atoms with Gasteiger partial charge in [0.15, 0.2) is 0 Å². The van der Waals surface area contributed by atoms with E-state index in [1.165, 1.54) is 12.8 Å². The van der Waals surface area contributed by atoms with E-state index in [1.54, 1.807) is 0 Å². The third-order valence-corrected chi connectivity index (χ3v) is 2.09. The van der Waals surface area contributed by atoms with Crippen LogP contribution in [0.5, 0.6) is 0 Å². The van der Waals surface area contributed by atoms with Gasteiger partial charge in [0.1, 0.15) is 0 Å². The molecule has 0 radical (unpaired) electrons. The summed E-state index contributed by atoms with van der Waals surface area (Å²) in [5.74, 6) is 0.824. The third-order valence-electron chi connectivity index (χ3n) is 2.09. The number of hydrogen-bond donors (Lipinski definition) is 1. The van der Waals surface area contributed by atoms with Gasteiger partial charge in [0.2, 0.25) is 0 Å². The SMILES string of the molecule is CC[C@H]1CC[C@@H](O)C1. The van der Waals surface area contributed by atoms with Gasteiger partial charge in [-0.15, -0.1) is 0 Å². The lowest BCUT2D eigenvalue weighted by molar-refractivity contribution is 0.177. The van der Waals surface area contributed by atoms with Crippen molar-refractivity contribution in [3.8, 4) is 0 Å². The fraction of sp³-hybridized carbons (Fsp3) is 1.00. The highest BCUT2D eigenvalue weighted by atomic mass is 16.3. The van der Waals surface area contributed by atoms with Crippen LogP contribution in [0.4, 0.5) is 0 Å². The van der Waals surface area contributed by atoms with Gasteiger partial charge in [-0.25, -0.2) is 0 Å². The van der Waals surface area contributed by atoms with Crippen LogP contribution in [0.1, 0.15) is 32.6 Å². The van der Waals surface area contributed by atoms with E-state index in [4.69, 9.17) is 5.11 Å². The van der Waals surface area contributed by atoms with E-state index in [0.29, 0.717) is 0 Å². The van der Waals surface area contributed by atoms with E-state index in [9.17, 15) is 0 Å². The molecule has 1 aliphatic carbocycles. The fourth-order valence-electron chi connectivity index (χ4n) is 1.42. The molecule has 0 bridgehead atoms. The van der Waals surface area contributed by atoms with Crippen LogP contribution in [0, 0.1) is 5.92 Å². The Morgan fingerprint density at radius 1 is 1.50 bits per heavy atom. The van der Waals surface area contributed by atoms with Crippen molar-refractivity contribution in [1.82, 2.24) is 0 Å². The van der Waals surface area contributed by atoms with Crippen molar-refractivity contribution in [3.05, 3.63) is 0 Å². The predicted octanol–water partition coefficient (Wildman–Crippen LogP) is 1.56. The summed E-state index contributed by atoms with van der Waals surface area (Å²) in [6.07, 6.45) is 4.61. The van der Waals surface area contributed by atoms with Gasteiger partial charge in [-0.3, -0.25) is 0 Å². The maximum atomic E-state index is 9.03. The highest BCUT2D eigenvalue weighted by Gasteiger charge is 2.20. The molecule has 2 atom stereocenters. The van der Waals surface area contributed by atoms with Crippen LogP contribution in [0.3, 0.4) is 0 Å². The molecule has 1 saturated carbocycles. The average Bonchev–Trinajstić information content (AvgIpc) is 2.14. The standard InChI is InChI=1S/C7H14O/c1-2-6-3-4-7(8)5-6/h6-8H,2-5H2,1H3/t6-,7+/m0/s1. The molecular formula is C7H14O. The van der Waals surface area contributed by atoms with Crippen molar-refractivity contribution in [3.63, 3.8) is 0 Å². The molecule has 0 aromatic carbocycles. The second-order valence-electron chi connectivity index (χ2n) is 2.74. The van der Waals surface area contributed by atoms with Crippen molar-refractivity contribution in [2.24, 2.45) is 5.92 Å². The van der Waals surface area contributed by atoms with Crippen LogP contribution in [-0.2, 0) is 0 Å². The molecule has 1 nitrogen and oxygen atoms in total. The molecule has 1 heteroatoms. The van der Waals surface area contributed by atoms with E-state index in [1.807, 2.05) is 0 Å². The summed E-state index contributed by atoms with van der Waals surface area (Å²) in [6.45, 7) is 2.20. The lowest BCUT2D eigenvalue weighted by Gasteiger charge is -2.01. The van der Waals surface area contributed by atoms with E-state index in [-0.39, 0.29) is 6.10 Å². The van der Waals surface area contributed by atoms with Crippen LogP contribution in [-0.4, -0.2) is 11.2 Å². The van der Waals surface area contributed by atoms with Gasteiger partial charge >= 0.3 is 0 Å². The molecule has 0 aromatic heterocycles. The van der Waals surface area contributed by atoms with E-state index < -0.39 is 0 Å². The average molecular weight is 114 g/mol. The Morgan fingerprint density at radius 3 is 2.50 bits per heavy atom. The Morgan fingerprint density at radius 2 is 2.25 bits per heavy atom. The van der Waals surface area contributed by atoms with Crippen LogP contribution >= 0.6 is 0 Å².